The molecule has 384 valence electrons. The number of hydrogen-bond acceptors (Lipinski definition) is 10. The summed E-state index contributed by atoms with van der Waals surface area (Å²) in [6.45, 7) is 4.20. The second-order valence-corrected chi connectivity index (χ2v) is 18.6. The Balaban J connectivity index is 2.15. The maximum absolute atomic E-state index is 12.9. The monoisotopic (exact) mass is 934 g/mol. The molecule has 1 fully saturated rings. The van der Waals surface area contributed by atoms with Gasteiger partial charge in [0, 0.05) is 12.8 Å². The molecule has 1 saturated heterocycles. The molecule has 11 heteroatoms. The second kappa shape index (κ2) is 45.1. The van der Waals surface area contributed by atoms with Crippen LogP contribution in [0, 0.1) is 0 Å². The van der Waals surface area contributed by atoms with Crippen LogP contribution in [-0.4, -0.2) is 100 Å². The predicted molar refractivity (Wildman–Crippen MR) is 269 cm³/mol. The fourth-order valence-electron chi connectivity index (χ4n) is 8.06. The van der Waals surface area contributed by atoms with Crippen LogP contribution < -0.4 is 5.32 Å². The lowest BCUT2D eigenvalue weighted by Crippen LogP contribution is -2.60. The Labute approximate surface area is 402 Å². The number of aliphatic hydroxyl groups excluding tert-OH is 5. The molecule has 1 amide bonds. The summed E-state index contributed by atoms with van der Waals surface area (Å²) < 4.78 is 16.6. The quantitative estimate of drug-likeness (QED) is 0.0196. The van der Waals surface area contributed by atoms with Gasteiger partial charge in [0.25, 0.3) is 0 Å². The number of hydrogen-bond donors (Lipinski definition) is 6. The third-order valence-electron chi connectivity index (χ3n) is 12.4. The van der Waals surface area contributed by atoms with Crippen LogP contribution in [0.15, 0.2) is 48.6 Å². The summed E-state index contributed by atoms with van der Waals surface area (Å²) in [5.41, 5.74) is 0. The van der Waals surface area contributed by atoms with E-state index in [1.54, 1.807) is 6.08 Å². The van der Waals surface area contributed by atoms with Gasteiger partial charge in [-0.3, -0.25) is 9.59 Å². The van der Waals surface area contributed by atoms with Crippen LogP contribution in [-0.2, 0) is 23.8 Å². The van der Waals surface area contributed by atoms with Crippen LogP contribution in [0.2, 0.25) is 0 Å². The number of carbonyl (C=O) groups is 2. The zero-order valence-electron chi connectivity index (χ0n) is 41.9. The second-order valence-electron chi connectivity index (χ2n) is 18.6. The highest BCUT2D eigenvalue weighted by Gasteiger charge is 2.44. The summed E-state index contributed by atoms with van der Waals surface area (Å²) in [5.74, 6) is -0.314. The van der Waals surface area contributed by atoms with Crippen LogP contribution in [0.1, 0.15) is 226 Å². The first-order valence-corrected chi connectivity index (χ1v) is 26.9. The van der Waals surface area contributed by atoms with Crippen molar-refractivity contribution in [2.24, 2.45) is 0 Å². The topological polar surface area (TPSA) is 175 Å². The van der Waals surface area contributed by atoms with Crippen molar-refractivity contribution in [1.82, 2.24) is 5.32 Å². The van der Waals surface area contributed by atoms with Gasteiger partial charge < -0.3 is 45.1 Å². The third kappa shape index (κ3) is 34.8. The number of carbonyl (C=O) groups excluding carboxylic acids is 2. The first kappa shape index (κ1) is 61.6. The zero-order chi connectivity index (χ0) is 48.1. The lowest BCUT2D eigenvalue weighted by atomic mass is 9.99. The summed E-state index contributed by atoms with van der Waals surface area (Å²) in [4.78, 5) is 25.0. The maximum atomic E-state index is 12.9. The molecule has 0 radical (unpaired) electrons. The molecular formula is C55H99NO10. The van der Waals surface area contributed by atoms with Gasteiger partial charge in [-0.25, -0.2) is 0 Å². The molecule has 1 rings (SSSR count). The summed E-state index contributed by atoms with van der Waals surface area (Å²) in [6.07, 6.45) is 45.0. The fourth-order valence-corrected chi connectivity index (χ4v) is 8.06. The van der Waals surface area contributed by atoms with Crippen molar-refractivity contribution in [2.45, 2.75) is 269 Å². The van der Waals surface area contributed by atoms with E-state index in [-0.39, 0.29) is 24.9 Å². The van der Waals surface area contributed by atoms with E-state index in [1.165, 1.54) is 122 Å². The molecule has 0 bridgehead atoms. The lowest BCUT2D eigenvalue weighted by Gasteiger charge is -2.40. The molecule has 0 aromatic rings. The molecule has 0 aromatic heterocycles. The summed E-state index contributed by atoms with van der Waals surface area (Å²) in [7, 11) is 0. The van der Waals surface area contributed by atoms with E-state index in [9.17, 15) is 35.1 Å². The number of allylic oxidation sites excluding steroid dienone is 7. The number of ether oxygens (including phenoxy) is 3. The van der Waals surface area contributed by atoms with Gasteiger partial charge in [-0.1, -0.05) is 184 Å². The fraction of sp³-hybridized carbons (Fsp3) is 0.818. The lowest BCUT2D eigenvalue weighted by molar-refractivity contribution is -0.302. The Morgan fingerprint density at radius 3 is 1.58 bits per heavy atom. The normalized spacial score (nSPS) is 20.0. The molecule has 6 N–H and O–H groups in total. The molecule has 0 aromatic carbocycles. The number of rotatable bonds is 45. The summed E-state index contributed by atoms with van der Waals surface area (Å²) >= 11 is 0. The predicted octanol–water partition coefficient (Wildman–Crippen LogP) is 11.3. The van der Waals surface area contributed by atoms with Crippen LogP contribution in [0.4, 0.5) is 0 Å². The molecule has 1 aliphatic rings. The SMILES string of the molecule is CCCCCCCCC/C=C\CCCCCCCC(=O)OCCCCCCCC/C=C\C/C=C\CCC(=O)NC(COC1OC(CO)C(O)C(O)C1O)C(O)/C=C/CCCCCCCCC. The largest absolute Gasteiger partial charge is 0.466 e. The minimum atomic E-state index is -1.59. The van der Waals surface area contributed by atoms with Gasteiger partial charge in [-0.2, -0.15) is 0 Å². The van der Waals surface area contributed by atoms with E-state index in [2.05, 4.69) is 43.5 Å². The highest BCUT2D eigenvalue weighted by atomic mass is 16.7. The minimum Gasteiger partial charge on any atom is -0.466 e. The van der Waals surface area contributed by atoms with E-state index in [1.807, 2.05) is 18.2 Å². The first-order chi connectivity index (χ1) is 32.2. The number of esters is 1. The van der Waals surface area contributed by atoms with Crippen molar-refractivity contribution >= 4 is 11.9 Å². The summed E-state index contributed by atoms with van der Waals surface area (Å²) in [5, 5.41) is 54.0. The molecule has 1 heterocycles. The molecule has 7 atom stereocenters. The smallest absolute Gasteiger partial charge is 0.305 e. The Morgan fingerprint density at radius 2 is 1.03 bits per heavy atom. The molecule has 0 saturated carbocycles. The Bertz CT molecular complexity index is 1240. The molecule has 0 aliphatic carbocycles. The van der Waals surface area contributed by atoms with Gasteiger partial charge in [0.2, 0.25) is 5.91 Å². The van der Waals surface area contributed by atoms with Gasteiger partial charge >= 0.3 is 5.97 Å². The van der Waals surface area contributed by atoms with E-state index in [0.29, 0.717) is 19.4 Å². The van der Waals surface area contributed by atoms with E-state index in [0.717, 1.165) is 70.6 Å². The first-order valence-electron chi connectivity index (χ1n) is 26.9. The Morgan fingerprint density at radius 1 is 0.561 bits per heavy atom. The van der Waals surface area contributed by atoms with Crippen molar-refractivity contribution in [2.75, 3.05) is 19.8 Å². The van der Waals surface area contributed by atoms with Gasteiger partial charge in [0.1, 0.15) is 24.4 Å². The van der Waals surface area contributed by atoms with Crippen molar-refractivity contribution < 1.29 is 49.3 Å². The standard InChI is InChI=1S/C55H99NO10/c1-3-5-7-9-11-13-14-15-16-17-20-23-27-31-35-39-43-51(60)64-44-40-36-32-28-24-21-18-19-22-26-30-34-38-42-50(59)56-47(48(58)41-37-33-29-25-12-10-8-6-4-2)46-65-55-54(63)53(62)52(61)49(45-57)66-55/h16-17,19,22,30,34,37,41,47-49,52-55,57-58,61-63H,3-15,18,20-21,23-29,31-33,35-36,38-40,42-46H2,1-2H3,(H,56,59)/b17-16-,22-19-,34-30-,41-37+. The van der Waals surface area contributed by atoms with Crippen LogP contribution >= 0.6 is 0 Å². The van der Waals surface area contributed by atoms with Gasteiger partial charge in [0.15, 0.2) is 6.29 Å². The number of amides is 1. The van der Waals surface area contributed by atoms with E-state index in [4.69, 9.17) is 14.2 Å². The Kier molecular flexibility index (Phi) is 42.1. The van der Waals surface area contributed by atoms with Gasteiger partial charge in [-0.15, -0.1) is 0 Å². The van der Waals surface area contributed by atoms with E-state index < -0.39 is 49.5 Å². The zero-order valence-corrected chi connectivity index (χ0v) is 41.9. The van der Waals surface area contributed by atoms with Gasteiger partial charge in [0.05, 0.1) is 32.0 Å². The maximum Gasteiger partial charge on any atom is 0.305 e. The Hall–Kier alpha value is -2.38. The van der Waals surface area contributed by atoms with Crippen molar-refractivity contribution in [3.63, 3.8) is 0 Å². The van der Waals surface area contributed by atoms with Crippen molar-refractivity contribution in [3.8, 4) is 0 Å². The molecule has 0 spiro atoms. The van der Waals surface area contributed by atoms with Crippen molar-refractivity contribution in [3.05, 3.63) is 48.6 Å². The number of aliphatic hydroxyl groups is 5. The molecule has 7 unspecified atom stereocenters. The van der Waals surface area contributed by atoms with Crippen LogP contribution in [0.3, 0.4) is 0 Å². The average molecular weight is 934 g/mol. The minimum absolute atomic E-state index is 0.0478. The highest BCUT2D eigenvalue weighted by Crippen LogP contribution is 2.23. The number of nitrogens with one attached hydrogen (secondary N) is 1. The van der Waals surface area contributed by atoms with E-state index >= 15 is 0 Å². The van der Waals surface area contributed by atoms with Crippen LogP contribution in [0.5, 0.6) is 0 Å². The summed E-state index contributed by atoms with van der Waals surface area (Å²) in [6, 6.07) is -0.853. The number of unbranched alkanes of at least 4 members (excludes halogenated alkanes) is 25. The molecular weight excluding hydrogens is 835 g/mol. The van der Waals surface area contributed by atoms with Gasteiger partial charge in [-0.05, 0) is 77.0 Å². The van der Waals surface area contributed by atoms with Crippen LogP contribution in [0.25, 0.3) is 0 Å². The molecule has 1 aliphatic heterocycles. The highest BCUT2D eigenvalue weighted by molar-refractivity contribution is 5.76. The average Bonchev–Trinajstić information content (AvgIpc) is 3.31. The molecule has 66 heavy (non-hydrogen) atoms. The molecule has 11 nitrogen and oxygen atoms in total. The third-order valence-corrected chi connectivity index (χ3v) is 12.4. The van der Waals surface area contributed by atoms with Crippen molar-refractivity contribution in [1.29, 1.82) is 0 Å².